The van der Waals surface area contributed by atoms with Crippen molar-refractivity contribution in [2.45, 2.75) is 6.18 Å². The number of aromatic carboxylic acids is 2. The largest absolute Gasteiger partial charge is 0.478 e. The molecule has 0 aromatic heterocycles. The van der Waals surface area contributed by atoms with Crippen LogP contribution >= 0.6 is 19.8 Å². The van der Waals surface area contributed by atoms with Crippen molar-refractivity contribution >= 4 is 31.7 Å². The van der Waals surface area contributed by atoms with E-state index in [1.165, 1.54) is 0 Å². The monoisotopic (exact) mass is 392 g/mol. The Morgan fingerprint density at radius 3 is 1.89 bits per heavy atom. The number of carbonyl (C=O) groups is 2. The predicted octanol–water partition coefficient (Wildman–Crippen LogP) is 2.47. The molecule has 1 rings (SSSR count). The quantitative estimate of drug-likeness (QED) is 0.766. The summed E-state index contributed by atoms with van der Waals surface area (Å²) in [4.78, 5) is 21.4. The normalized spacial score (nSPS) is 11.6. The van der Waals surface area contributed by atoms with Crippen LogP contribution in [0.5, 0.6) is 0 Å². The van der Waals surface area contributed by atoms with E-state index in [4.69, 9.17) is 10.2 Å². The summed E-state index contributed by atoms with van der Waals surface area (Å²) in [6, 6.07) is 0.486. The van der Waals surface area contributed by atoms with Gasteiger partial charge in [0.1, 0.15) is 3.57 Å². The molecule has 1 aromatic carbocycles. The van der Waals surface area contributed by atoms with Crippen molar-refractivity contribution in [1.82, 2.24) is 0 Å². The summed E-state index contributed by atoms with van der Waals surface area (Å²) in [6.45, 7) is 0. The van der Waals surface area contributed by atoms with Gasteiger partial charge in [-0.05, 0) is 12.1 Å². The van der Waals surface area contributed by atoms with E-state index in [0.29, 0.717) is 6.07 Å². The molecular weight excluding hydrogens is 388 g/mol. The first-order chi connectivity index (χ1) is 8.55. The van der Waals surface area contributed by atoms with Gasteiger partial charge < -0.3 is 10.2 Å². The summed E-state index contributed by atoms with van der Waals surface area (Å²) >= 11 is -4.79. The Bertz CT molecular complexity index is 624. The molecule has 0 saturated heterocycles. The van der Waals surface area contributed by atoms with Crippen molar-refractivity contribution in [1.29, 1.82) is 0 Å². The van der Waals surface area contributed by atoms with Crippen molar-refractivity contribution in [3.05, 3.63) is 32.4 Å². The Morgan fingerprint density at radius 2 is 1.58 bits per heavy atom. The molecule has 0 saturated carbocycles. The van der Waals surface area contributed by atoms with Crippen LogP contribution in [0.25, 0.3) is 0 Å². The molecule has 19 heavy (non-hydrogen) atoms. The van der Waals surface area contributed by atoms with Gasteiger partial charge in [0.25, 0.3) is 0 Å². The van der Waals surface area contributed by atoms with Gasteiger partial charge in [0.05, 0.1) is 16.7 Å². The number of halogens is 4. The van der Waals surface area contributed by atoms with Crippen LogP contribution in [0, 0.1) is 3.57 Å². The van der Waals surface area contributed by atoms with Gasteiger partial charge in [-0.2, -0.15) is 13.2 Å². The van der Waals surface area contributed by atoms with Crippen molar-refractivity contribution in [3.63, 3.8) is 0 Å². The maximum Gasteiger partial charge on any atom is 0.417 e. The maximum atomic E-state index is 12.7. The Labute approximate surface area is 110 Å². The third kappa shape index (κ3) is 3.19. The third-order valence-corrected chi connectivity index (χ3v) is 4.05. The molecule has 6 nitrogen and oxygen atoms in total. The molecular formula is C9H4F3IO6. The van der Waals surface area contributed by atoms with Gasteiger partial charge >= 0.3 is 37.9 Å². The van der Waals surface area contributed by atoms with E-state index in [-0.39, 0.29) is 6.07 Å². The number of carboxylic acid groups (broad SMARTS) is 2. The van der Waals surface area contributed by atoms with Gasteiger partial charge in [0.15, 0.2) is 0 Å². The summed E-state index contributed by atoms with van der Waals surface area (Å²) in [5.74, 6) is -3.74. The minimum atomic E-state index is -5.17. The molecule has 0 heterocycles. The van der Waals surface area contributed by atoms with Crippen LogP contribution in [0.15, 0.2) is 12.1 Å². The van der Waals surface area contributed by atoms with Crippen LogP contribution in [0.1, 0.15) is 26.3 Å². The molecule has 0 fully saturated rings. The van der Waals surface area contributed by atoms with Gasteiger partial charge in [-0.15, -0.1) is 0 Å². The molecule has 10 heteroatoms. The Morgan fingerprint density at radius 1 is 1.05 bits per heavy atom. The molecule has 104 valence electrons. The number of hydrogen-bond acceptors (Lipinski definition) is 4. The first-order valence-electron chi connectivity index (χ1n) is 4.32. The predicted molar refractivity (Wildman–Crippen MR) is 59.5 cm³/mol. The van der Waals surface area contributed by atoms with Crippen molar-refractivity contribution in [2.24, 2.45) is 0 Å². The average molecular weight is 392 g/mol. The molecule has 1 aromatic rings. The molecule has 0 spiro atoms. The smallest absolute Gasteiger partial charge is 0.417 e. The van der Waals surface area contributed by atoms with Gasteiger partial charge in [-0.3, -0.25) is 0 Å². The summed E-state index contributed by atoms with van der Waals surface area (Å²) in [7, 11) is 0. The number of rotatable bonds is 3. The highest BCUT2D eigenvalue weighted by atomic mass is 127. The second kappa shape index (κ2) is 5.11. The fourth-order valence-electron chi connectivity index (χ4n) is 1.28. The maximum absolute atomic E-state index is 12.7. The van der Waals surface area contributed by atoms with E-state index in [1.54, 1.807) is 0 Å². The summed E-state index contributed by atoms with van der Waals surface area (Å²) < 4.78 is 58.4. The van der Waals surface area contributed by atoms with E-state index in [9.17, 15) is 28.9 Å². The summed E-state index contributed by atoms with van der Waals surface area (Å²) in [5.41, 5.74) is -3.92. The Kier molecular flexibility index (Phi) is 4.12. The second-order valence-corrected chi connectivity index (χ2v) is 5.53. The number of benzene rings is 1. The lowest BCUT2D eigenvalue weighted by Crippen LogP contribution is -2.15. The average Bonchev–Trinajstić information content (AvgIpc) is 2.25. The van der Waals surface area contributed by atoms with Crippen LogP contribution in [-0.4, -0.2) is 22.2 Å². The lowest BCUT2D eigenvalue weighted by atomic mass is 10.1. The third-order valence-electron chi connectivity index (χ3n) is 2.01. The summed E-state index contributed by atoms with van der Waals surface area (Å²) in [6.07, 6.45) is -5.17. The second-order valence-electron chi connectivity index (χ2n) is 3.21. The van der Waals surface area contributed by atoms with Crippen LogP contribution in [0.2, 0.25) is 0 Å². The Hall–Kier alpha value is -1.72. The Balaban J connectivity index is 3.87. The molecule has 0 aliphatic rings. The van der Waals surface area contributed by atoms with Crippen molar-refractivity contribution in [2.75, 3.05) is 0 Å². The SMILES string of the molecule is O=C(O)c1cc(C(=O)O)c(I(=O)=O)c(C(F)(F)F)c1. The fraction of sp³-hybridized carbons (Fsp3) is 0.111. The van der Waals surface area contributed by atoms with Gasteiger partial charge in [0, 0.05) is 0 Å². The van der Waals surface area contributed by atoms with Crippen molar-refractivity contribution < 1.29 is 39.1 Å². The zero-order valence-electron chi connectivity index (χ0n) is 8.69. The topological polar surface area (TPSA) is 109 Å². The molecule has 0 atom stereocenters. The standard InChI is InChI=1S/C9H4F3IO6/c10-9(11,12)5-2-3(7(14)15)1-4(8(16)17)6(5)13(18)19/h1-2H,(H,14,15)(H,16,17). The minimum absolute atomic E-state index is 0.102. The van der Waals surface area contributed by atoms with E-state index in [0.717, 1.165) is 0 Å². The number of carboxylic acids is 2. The molecule has 2 N–H and O–H groups in total. The fourth-order valence-corrected chi connectivity index (χ4v) is 3.07. The van der Waals surface area contributed by atoms with Gasteiger partial charge in [0.2, 0.25) is 0 Å². The summed E-state index contributed by atoms with van der Waals surface area (Å²) in [5, 5.41) is 17.3. The lowest BCUT2D eigenvalue weighted by molar-refractivity contribution is -0.138. The van der Waals surface area contributed by atoms with E-state index >= 15 is 0 Å². The van der Waals surface area contributed by atoms with E-state index in [1.807, 2.05) is 0 Å². The van der Waals surface area contributed by atoms with E-state index in [2.05, 4.69) is 0 Å². The molecule has 0 radical (unpaired) electrons. The van der Waals surface area contributed by atoms with Crippen LogP contribution in [-0.2, 0) is 12.3 Å². The molecule has 0 amide bonds. The number of hydrogen-bond donors (Lipinski definition) is 2. The molecule has 0 aliphatic carbocycles. The highest BCUT2D eigenvalue weighted by Crippen LogP contribution is 2.38. The zero-order valence-corrected chi connectivity index (χ0v) is 10.9. The molecule has 0 aliphatic heterocycles. The first-order valence-corrected chi connectivity index (χ1v) is 7.17. The molecule has 0 bridgehead atoms. The van der Waals surface area contributed by atoms with Crippen LogP contribution in [0.3, 0.4) is 0 Å². The number of alkyl halides is 3. The van der Waals surface area contributed by atoms with E-state index < -0.39 is 58.2 Å². The molecule has 0 unspecified atom stereocenters. The van der Waals surface area contributed by atoms with Gasteiger partial charge in [-0.1, -0.05) is 0 Å². The highest BCUT2D eigenvalue weighted by Gasteiger charge is 2.38. The minimum Gasteiger partial charge on any atom is -0.478 e. The van der Waals surface area contributed by atoms with Gasteiger partial charge in [-0.25, -0.2) is 15.7 Å². The van der Waals surface area contributed by atoms with Crippen LogP contribution < -0.4 is 0 Å². The zero-order chi connectivity index (χ0) is 15.0. The lowest BCUT2D eigenvalue weighted by Gasteiger charge is -2.11. The first kappa shape index (κ1) is 15.3. The van der Waals surface area contributed by atoms with Crippen LogP contribution in [0.4, 0.5) is 13.2 Å². The van der Waals surface area contributed by atoms with Crippen molar-refractivity contribution in [3.8, 4) is 0 Å². The highest BCUT2D eigenvalue weighted by molar-refractivity contribution is 14.2.